The van der Waals surface area contributed by atoms with Gasteiger partial charge in [0.1, 0.15) is 18.0 Å². The number of aliphatic hydroxyl groups excluding tert-OH is 2. The molecule has 2 rings (SSSR count). The Labute approximate surface area is 101 Å². The molecule has 98 valence electrons. The number of nitrogens with zero attached hydrogens (tertiary/aromatic N) is 2. The summed E-state index contributed by atoms with van der Waals surface area (Å²) in [5, 5.41) is 18.6. The van der Waals surface area contributed by atoms with Gasteiger partial charge in [0.25, 0.3) is 0 Å². The highest BCUT2D eigenvalue weighted by atomic mass is 19.1. The summed E-state index contributed by atoms with van der Waals surface area (Å²) in [6.45, 7) is -0.494. The van der Waals surface area contributed by atoms with Crippen LogP contribution in [0, 0.1) is 0 Å². The van der Waals surface area contributed by atoms with E-state index in [2.05, 4.69) is 4.98 Å². The van der Waals surface area contributed by atoms with Crippen molar-refractivity contribution in [1.82, 2.24) is 9.55 Å². The predicted octanol–water partition coefficient (Wildman–Crippen LogP) is -1.07. The van der Waals surface area contributed by atoms with Crippen molar-refractivity contribution >= 4 is 5.82 Å². The molecule has 1 aromatic rings. The molecule has 1 aromatic heterocycles. The molecule has 2 heterocycles. The van der Waals surface area contributed by atoms with Crippen molar-refractivity contribution in [3.05, 3.63) is 34.7 Å². The zero-order valence-electron chi connectivity index (χ0n) is 9.23. The Balaban J connectivity index is 2.41. The van der Waals surface area contributed by atoms with Crippen molar-refractivity contribution in [2.45, 2.75) is 18.4 Å². The number of ether oxygens (including phenoxy) is 1. The van der Waals surface area contributed by atoms with E-state index in [1.54, 1.807) is 0 Å². The molecule has 8 heteroatoms. The predicted molar refractivity (Wildman–Crippen MR) is 59.1 cm³/mol. The molecule has 0 bridgehead atoms. The van der Waals surface area contributed by atoms with E-state index in [0.717, 1.165) is 4.57 Å². The Morgan fingerprint density at radius 2 is 2.39 bits per heavy atom. The average molecular weight is 257 g/mol. The third kappa shape index (κ3) is 2.01. The SMILES string of the molecule is Nc1ccn(C2O[C@H](CO)[C@@H](O)/C2=C/F)c(=O)n1. The summed E-state index contributed by atoms with van der Waals surface area (Å²) >= 11 is 0. The fourth-order valence-corrected chi connectivity index (χ4v) is 1.77. The monoisotopic (exact) mass is 257 g/mol. The molecule has 0 saturated carbocycles. The lowest BCUT2D eigenvalue weighted by Crippen LogP contribution is -2.28. The van der Waals surface area contributed by atoms with Crippen molar-refractivity contribution in [1.29, 1.82) is 0 Å². The van der Waals surface area contributed by atoms with Crippen LogP contribution in [-0.4, -0.2) is 38.6 Å². The van der Waals surface area contributed by atoms with Crippen LogP contribution in [0.3, 0.4) is 0 Å². The van der Waals surface area contributed by atoms with E-state index >= 15 is 0 Å². The summed E-state index contributed by atoms with van der Waals surface area (Å²) in [6, 6.07) is 1.35. The van der Waals surface area contributed by atoms with Crippen LogP contribution >= 0.6 is 0 Å². The molecule has 1 aliphatic rings. The van der Waals surface area contributed by atoms with Crippen LogP contribution in [0.25, 0.3) is 0 Å². The first-order valence-electron chi connectivity index (χ1n) is 5.17. The molecule has 18 heavy (non-hydrogen) atoms. The number of anilines is 1. The van der Waals surface area contributed by atoms with E-state index in [4.69, 9.17) is 15.6 Å². The molecule has 0 aromatic carbocycles. The molecule has 3 atom stereocenters. The highest BCUT2D eigenvalue weighted by molar-refractivity contribution is 5.25. The van der Waals surface area contributed by atoms with Crippen molar-refractivity contribution in [2.75, 3.05) is 12.3 Å². The Morgan fingerprint density at radius 1 is 1.67 bits per heavy atom. The number of nitrogen functional groups attached to an aromatic ring is 1. The number of halogens is 1. The van der Waals surface area contributed by atoms with Gasteiger partial charge in [0, 0.05) is 11.8 Å². The lowest BCUT2D eigenvalue weighted by atomic mass is 10.1. The van der Waals surface area contributed by atoms with E-state index < -0.39 is 30.7 Å². The van der Waals surface area contributed by atoms with Gasteiger partial charge in [-0.25, -0.2) is 9.18 Å². The van der Waals surface area contributed by atoms with E-state index in [-0.39, 0.29) is 17.7 Å². The van der Waals surface area contributed by atoms with E-state index in [9.17, 15) is 14.3 Å². The van der Waals surface area contributed by atoms with Gasteiger partial charge in [-0.1, -0.05) is 0 Å². The maximum Gasteiger partial charge on any atom is 0.351 e. The van der Waals surface area contributed by atoms with E-state index in [0.29, 0.717) is 0 Å². The van der Waals surface area contributed by atoms with Gasteiger partial charge in [0.05, 0.1) is 12.9 Å². The van der Waals surface area contributed by atoms with Crippen LogP contribution in [0.4, 0.5) is 10.2 Å². The zero-order chi connectivity index (χ0) is 13.3. The molecule has 0 aliphatic carbocycles. The second-order valence-corrected chi connectivity index (χ2v) is 3.81. The first-order valence-corrected chi connectivity index (χ1v) is 5.17. The molecule has 0 spiro atoms. The number of nitrogens with two attached hydrogens (primary N) is 1. The van der Waals surface area contributed by atoms with E-state index in [1.165, 1.54) is 12.3 Å². The topological polar surface area (TPSA) is 111 Å². The summed E-state index contributed by atoms with van der Waals surface area (Å²) in [4.78, 5) is 15.1. The van der Waals surface area contributed by atoms with Gasteiger partial charge in [-0.15, -0.1) is 0 Å². The largest absolute Gasteiger partial charge is 0.394 e. The van der Waals surface area contributed by atoms with Crippen LogP contribution < -0.4 is 11.4 Å². The maximum atomic E-state index is 12.8. The minimum Gasteiger partial charge on any atom is -0.394 e. The standard InChI is InChI=1S/C10H12FN3O4/c11-3-5-8(16)6(4-15)18-9(5)14-2-1-7(12)13-10(14)17/h1-3,6,8-9,15-16H,4H2,(H2,12,13,17)/b5-3-/t6-,8+,9?/m1/s1. The van der Waals surface area contributed by atoms with E-state index in [1.807, 2.05) is 0 Å². The van der Waals surface area contributed by atoms with Gasteiger partial charge < -0.3 is 20.7 Å². The van der Waals surface area contributed by atoms with Gasteiger partial charge in [0.15, 0.2) is 6.23 Å². The van der Waals surface area contributed by atoms with Gasteiger partial charge in [-0.2, -0.15) is 4.98 Å². The molecular weight excluding hydrogens is 245 g/mol. The van der Waals surface area contributed by atoms with Gasteiger partial charge in [0.2, 0.25) is 0 Å². The van der Waals surface area contributed by atoms with Crippen LogP contribution in [0.5, 0.6) is 0 Å². The third-order valence-electron chi connectivity index (χ3n) is 2.69. The van der Waals surface area contributed by atoms with Crippen LogP contribution in [0.2, 0.25) is 0 Å². The molecule has 7 nitrogen and oxygen atoms in total. The normalized spacial score (nSPS) is 29.9. The summed E-state index contributed by atoms with van der Waals surface area (Å²) < 4.78 is 19.0. The Morgan fingerprint density at radius 3 is 2.94 bits per heavy atom. The molecule has 0 amide bonds. The van der Waals surface area contributed by atoms with Crippen molar-refractivity contribution in [2.24, 2.45) is 0 Å². The summed E-state index contributed by atoms with van der Waals surface area (Å²) in [7, 11) is 0. The number of hydrogen-bond acceptors (Lipinski definition) is 6. The van der Waals surface area contributed by atoms with Crippen molar-refractivity contribution < 1.29 is 19.3 Å². The molecule has 1 fully saturated rings. The van der Waals surface area contributed by atoms with Gasteiger partial charge >= 0.3 is 5.69 Å². The molecule has 4 N–H and O–H groups in total. The minimum absolute atomic E-state index is 0.0271. The maximum absolute atomic E-state index is 12.8. The van der Waals surface area contributed by atoms with Crippen molar-refractivity contribution in [3.8, 4) is 0 Å². The highest BCUT2D eigenvalue weighted by Crippen LogP contribution is 2.33. The first kappa shape index (κ1) is 12.7. The molecule has 1 unspecified atom stereocenters. The zero-order valence-corrected chi connectivity index (χ0v) is 9.23. The fourth-order valence-electron chi connectivity index (χ4n) is 1.77. The summed E-state index contributed by atoms with van der Waals surface area (Å²) in [5.41, 5.74) is 4.45. The molecule has 0 radical (unpaired) electrons. The van der Waals surface area contributed by atoms with Gasteiger partial charge in [-0.05, 0) is 6.07 Å². The molecule has 1 aliphatic heterocycles. The number of aliphatic hydroxyl groups is 2. The Hall–Kier alpha value is -1.77. The third-order valence-corrected chi connectivity index (χ3v) is 2.69. The lowest BCUT2D eigenvalue weighted by Gasteiger charge is -2.14. The number of rotatable bonds is 2. The summed E-state index contributed by atoms with van der Waals surface area (Å²) in [6.07, 6.45) is -1.99. The Kier molecular flexibility index (Phi) is 3.41. The lowest BCUT2D eigenvalue weighted by molar-refractivity contribution is -0.0447. The average Bonchev–Trinajstić information content (AvgIpc) is 2.65. The second kappa shape index (κ2) is 4.84. The van der Waals surface area contributed by atoms with Crippen molar-refractivity contribution in [3.63, 3.8) is 0 Å². The quantitative estimate of drug-likeness (QED) is 0.622. The smallest absolute Gasteiger partial charge is 0.351 e. The minimum atomic E-state index is -1.31. The molecule has 1 saturated heterocycles. The summed E-state index contributed by atoms with van der Waals surface area (Å²) in [5.74, 6) is 0.0271. The highest BCUT2D eigenvalue weighted by Gasteiger charge is 2.40. The number of hydrogen-bond donors (Lipinski definition) is 3. The van der Waals surface area contributed by atoms with Crippen LogP contribution in [0.1, 0.15) is 6.23 Å². The second-order valence-electron chi connectivity index (χ2n) is 3.81. The first-order chi connectivity index (χ1) is 8.58. The van der Waals surface area contributed by atoms with Gasteiger partial charge in [-0.3, -0.25) is 4.57 Å². The van der Waals surface area contributed by atoms with Crippen LogP contribution in [-0.2, 0) is 4.74 Å². The fraction of sp³-hybridized carbons (Fsp3) is 0.400. The Bertz CT molecular complexity index is 530. The molecular formula is C10H12FN3O4. The number of aromatic nitrogens is 2. The van der Waals surface area contributed by atoms with Crippen LogP contribution in [0.15, 0.2) is 29.0 Å².